The van der Waals surface area contributed by atoms with Gasteiger partial charge in [0.05, 0.1) is 38.7 Å². The van der Waals surface area contributed by atoms with E-state index in [-0.39, 0.29) is 17.5 Å². The molecule has 5 rings (SSSR count). The second-order valence-corrected chi connectivity index (χ2v) is 14.1. The van der Waals surface area contributed by atoms with Gasteiger partial charge in [-0.25, -0.2) is 0 Å². The standard InChI is InChI=1S/C38H37N5O7S2/c1-22(35(45)42-38-29(20-39)28-14-15-43(23(2)44)21-34(28)52-38)51-27-13-9-12-26(18-27)40-37(47)30(41-36(46)24-10-7-6-8-11-24)16-25-17-32(49-4)33(50-5)19-31(25)48-3/h6-13,16-19,22H,14-15,21H2,1-5H3,(H,40,47)(H,41,46)(H,42,45)/b30-16+. The van der Waals surface area contributed by atoms with Crippen molar-refractivity contribution in [3.63, 3.8) is 0 Å². The van der Waals surface area contributed by atoms with E-state index in [1.165, 1.54) is 57.4 Å². The van der Waals surface area contributed by atoms with Crippen LogP contribution in [0.25, 0.3) is 6.08 Å². The summed E-state index contributed by atoms with van der Waals surface area (Å²) in [7, 11) is 4.46. The number of carbonyl (C=O) groups excluding carboxylic acids is 4. The third-order valence-electron chi connectivity index (χ3n) is 8.19. The third kappa shape index (κ3) is 8.74. The Bertz CT molecular complexity index is 2070. The first-order valence-electron chi connectivity index (χ1n) is 16.1. The van der Waals surface area contributed by atoms with Gasteiger partial charge < -0.3 is 35.1 Å². The summed E-state index contributed by atoms with van der Waals surface area (Å²) in [5.41, 5.74) is 2.48. The summed E-state index contributed by atoms with van der Waals surface area (Å²) in [6.07, 6.45) is 2.04. The maximum atomic E-state index is 13.8. The van der Waals surface area contributed by atoms with E-state index in [9.17, 15) is 24.4 Å². The van der Waals surface area contributed by atoms with Crippen molar-refractivity contribution in [2.75, 3.05) is 38.5 Å². The molecule has 0 aliphatic carbocycles. The Morgan fingerprint density at radius 3 is 2.33 bits per heavy atom. The number of carbonyl (C=O) groups is 4. The number of nitrogens with zero attached hydrogens (tertiary/aromatic N) is 2. The monoisotopic (exact) mass is 739 g/mol. The largest absolute Gasteiger partial charge is 0.496 e. The smallest absolute Gasteiger partial charge is 0.272 e. The molecule has 12 nitrogen and oxygen atoms in total. The van der Waals surface area contributed by atoms with Gasteiger partial charge in [-0.1, -0.05) is 24.3 Å². The fraction of sp³-hybridized carbons (Fsp3) is 0.237. The van der Waals surface area contributed by atoms with Crippen LogP contribution in [0.5, 0.6) is 17.2 Å². The van der Waals surface area contributed by atoms with Crippen LogP contribution < -0.4 is 30.2 Å². The zero-order valence-electron chi connectivity index (χ0n) is 29.2. The summed E-state index contributed by atoms with van der Waals surface area (Å²) in [5.74, 6) is -0.228. The molecule has 0 spiro atoms. The first kappa shape index (κ1) is 37.5. The van der Waals surface area contributed by atoms with Gasteiger partial charge in [-0.15, -0.1) is 23.1 Å². The van der Waals surface area contributed by atoms with Gasteiger partial charge >= 0.3 is 0 Å². The summed E-state index contributed by atoms with van der Waals surface area (Å²) in [6.45, 7) is 4.21. The van der Waals surface area contributed by atoms with Gasteiger partial charge in [-0.3, -0.25) is 19.2 Å². The lowest BCUT2D eigenvalue weighted by Gasteiger charge is -2.25. The van der Waals surface area contributed by atoms with Gasteiger partial charge in [0, 0.05) is 46.1 Å². The Hall–Kier alpha value is -5.78. The van der Waals surface area contributed by atoms with Crippen molar-refractivity contribution in [2.24, 2.45) is 0 Å². The van der Waals surface area contributed by atoms with Crippen LogP contribution in [-0.2, 0) is 27.3 Å². The molecule has 0 saturated heterocycles. The molecule has 3 N–H and O–H groups in total. The number of nitrogens with one attached hydrogen (secondary N) is 3. The highest BCUT2D eigenvalue weighted by molar-refractivity contribution is 8.00. The molecule has 4 aromatic rings. The molecule has 2 heterocycles. The highest BCUT2D eigenvalue weighted by Crippen LogP contribution is 2.38. The minimum absolute atomic E-state index is 0.0334. The molecule has 0 bridgehead atoms. The van der Waals surface area contributed by atoms with Gasteiger partial charge in [0.1, 0.15) is 22.5 Å². The predicted octanol–water partition coefficient (Wildman–Crippen LogP) is 6.08. The Morgan fingerprint density at radius 2 is 1.65 bits per heavy atom. The molecule has 0 radical (unpaired) electrons. The lowest BCUT2D eigenvalue weighted by atomic mass is 10.0. The molecule has 1 aromatic heterocycles. The number of thiophene rings is 1. The Balaban J connectivity index is 1.34. The van der Waals surface area contributed by atoms with Gasteiger partial charge in [-0.05, 0) is 61.4 Å². The van der Waals surface area contributed by atoms with Crippen molar-refractivity contribution in [1.29, 1.82) is 5.26 Å². The molecule has 3 aromatic carbocycles. The Morgan fingerprint density at radius 1 is 0.942 bits per heavy atom. The van der Waals surface area contributed by atoms with Crippen LogP contribution in [0.2, 0.25) is 0 Å². The van der Waals surface area contributed by atoms with Crippen molar-refractivity contribution in [2.45, 2.75) is 37.0 Å². The maximum absolute atomic E-state index is 13.8. The average Bonchev–Trinajstić information content (AvgIpc) is 3.50. The number of nitriles is 1. The SMILES string of the molecule is COc1cc(OC)c(OC)cc1/C=C(/NC(=O)c1ccccc1)C(=O)Nc1cccc(SC(C)C(=O)Nc2sc3c(c2C#N)CCN(C(C)=O)C3)c1. The van der Waals surface area contributed by atoms with Crippen molar-refractivity contribution in [3.05, 3.63) is 99.6 Å². The zero-order chi connectivity index (χ0) is 37.4. The van der Waals surface area contributed by atoms with E-state index in [0.717, 1.165) is 10.4 Å². The van der Waals surface area contributed by atoms with Crippen LogP contribution in [0.1, 0.15) is 45.8 Å². The Labute approximate surface area is 309 Å². The minimum Gasteiger partial charge on any atom is -0.496 e. The molecule has 52 heavy (non-hydrogen) atoms. The van der Waals surface area contributed by atoms with E-state index in [0.29, 0.717) is 69.0 Å². The van der Waals surface area contributed by atoms with E-state index in [1.54, 1.807) is 72.5 Å². The van der Waals surface area contributed by atoms with Crippen LogP contribution in [0.3, 0.4) is 0 Å². The molecule has 1 aliphatic rings. The number of hydrogen-bond acceptors (Lipinski definition) is 10. The van der Waals surface area contributed by atoms with E-state index in [1.807, 2.05) is 6.07 Å². The van der Waals surface area contributed by atoms with Gasteiger partial charge in [0.2, 0.25) is 11.8 Å². The average molecular weight is 740 g/mol. The fourth-order valence-corrected chi connectivity index (χ4v) is 7.60. The second kappa shape index (κ2) is 17.0. The number of methoxy groups -OCH3 is 3. The maximum Gasteiger partial charge on any atom is 0.272 e. The van der Waals surface area contributed by atoms with Gasteiger partial charge in [-0.2, -0.15) is 5.26 Å². The lowest BCUT2D eigenvalue weighted by Crippen LogP contribution is -2.33. The summed E-state index contributed by atoms with van der Waals surface area (Å²) in [5, 5.41) is 18.3. The van der Waals surface area contributed by atoms with Crippen LogP contribution in [-0.4, -0.2) is 61.7 Å². The molecule has 14 heteroatoms. The van der Waals surface area contributed by atoms with Crippen LogP contribution in [0.4, 0.5) is 10.7 Å². The topological polar surface area (TPSA) is 159 Å². The number of hydrogen-bond donors (Lipinski definition) is 3. The predicted molar refractivity (Wildman–Crippen MR) is 201 cm³/mol. The van der Waals surface area contributed by atoms with Crippen molar-refractivity contribution in [3.8, 4) is 23.3 Å². The van der Waals surface area contributed by atoms with Crippen molar-refractivity contribution >= 4 is 63.5 Å². The molecule has 4 amide bonds. The van der Waals surface area contributed by atoms with E-state index in [2.05, 4.69) is 22.0 Å². The quantitative estimate of drug-likeness (QED) is 0.116. The summed E-state index contributed by atoms with van der Waals surface area (Å²) < 4.78 is 16.4. The Kier molecular flexibility index (Phi) is 12.2. The molecule has 0 fully saturated rings. The van der Waals surface area contributed by atoms with E-state index >= 15 is 0 Å². The minimum atomic E-state index is -0.608. The van der Waals surface area contributed by atoms with Crippen LogP contribution in [0.15, 0.2) is 77.3 Å². The normalized spacial score (nSPS) is 12.8. The second-order valence-electron chi connectivity index (χ2n) is 11.6. The summed E-state index contributed by atoms with van der Waals surface area (Å²) in [4.78, 5) is 55.5. The molecular weight excluding hydrogens is 703 g/mol. The number of anilines is 2. The number of fused-ring (bicyclic) bond motifs is 1. The summed E-state index contributed by atoms with van der Waals surface area (Å²) >= 11 is 2.59. The van der Waals surface area contributed by atoms with Crippen molar-refractivity contribution < 1.29 is 33.4 Å². The highest BCUT2D eigenvalue weighted by Gasteiger charge is 2.27. The van der Waals surface area contributed by atoms with Crippen molar-refractivity contribution in [1.82, 2.24) is 10.2 Å². The first-order valence-corrected chi connectivity index (χ1v) is 17.8. The fourth-order valence-electron chi connectivity index (χ4n) is 5.46. The molecule has 1 atom stereocenters. The first-order chi connectivity index (χ1) is 25.0. The molecule has 1 aliphatic heterocycles. The zero-order valence-corrected chi connectivity index (χ0v) is 30.8. The van der Waals surface area contributed by atoms with E-state index in [4.69, 9.17) is 14.2 Å². The van der Waals surface area contributed by atoms with Gasteiger partial charge in [0.15, 0.2) is 11.5 Å². The summed E-state index contributed by atoms with van der Waals surface area (Å²) in [6, 6.07) is 20.9. The lowest BCUT2D eigenvalue weighted by molar-refractivity contribution is -0.129. The molecular formula is C38H37N5O7S2. The number of amides is 4. The van der Waals surface area contributed by atoms with Crippen LogP contribution in [0, 0.1) is 11.3 Å². The molecule has 268 valence electrons. The van der Waals surface area contributed by atoms with E-state index < -0.39 is 17.1 Å². The van der Waals surface area contributed by atoms with Gasteiger partial charge in [0.25, 0.3) is 11.8 Å². The number of thioether (sulfide) groups is 1. The third-order valence-corrected chi connectivity index (χ3v) is 10.4. The highest BCUT2D eigenvalue weighted by atomic mass is 32.2. The number of benzene rings is 3. The number of ether oxygens (including phenoxy) is 3. The molecule has 0 saturated carbocycles. The molecule has 1 unspecified atom stereocenters. The van der Waals surface area contributed by atoms with Crippen LogP contribution >= 0.6 is 23.1 Å². The number of rotatable bonds is 12.